The quantitative estimate of drug-likeness (QED) is 0.344. The van der Waals surface area contributed by atoms with Crippen LogP contribution in [0.1, 0.15) is 87.8 Å². The number of benzene rings is 2. The zero-order chi connectivity index (χ0) is 23.4. The van der Waals surface area contributed by atoms with Gasteiger partial charge in [-0.05, 0) is 61.1 Å². The van der Waals surface area contributed by atoms with Crippen LogP contribution in [0.5, 0.6) is 0 Å². The minimum Gasteiger partial charge on any atom is -0.495 e. The predicted octanol–water partition coefficient (Wildman–Crippen LogP) is 7.33. The third-order valence-corrected chi connectivity index (χ3v) is 7.88. The average molecular weight is 462 g/mol. The van der Waals surface area contributed by atoms with E-state index < -0.39 is 0 Å². The lowest BCUT2D eigenvalue weighted by Gasteiger charge is -2.37. The molecule has 0 saturated heterocycles. The lowest BCUT2D eigenvalue weighted by molar-refractivity contribution is -0.0690. The molecule has 2 aliphatic rings. The highest BCUT2D eigenvalue weighted by atomic mass is 16.5. The van der Waals surface area contributed by atoms with Crippen molar-refractivity contribution in [3.8, 4) is 0 Å². The van der Waals surface area contributed by atoms with Crippen LogP contribution in [-0.2, 0) is 11.3 Å². The first-order valence-corrected chi connectivity index (χ1v) is 13.6. The van der Waals surface area contributed by atoms with E-state index in [1.165, 1.54) is 62.5 Å². The van der Waals surface area contributed by atoms with E-state index in [2.05, 4.69) is 72.1 Å². The Morgan fingerprint density at radius 2 is 1.38 bits per heavy atom. The summed E-state index contributed by atoms with van der Waals surface area (Å²) in [5, 5.41) is 15.0. The molecule has 4 rings (SSSR count). The Kier molecular flexibility index (Phi) is 10.1. The van der Waals surface area contributed by atoms with Gasteiger partial charge in [0.2, 0.25) is 0 Å². The molecule has 0 amide bonds. The smallest absolute Gasteiger partial charge is 0.127 e. The van der Waals surface area contributed by atoms with Crippen molar-refractivity contribution in [2.75, 3.05) is 0 Å². The van der Waals surface area contributed by atoms with E-state index in [9.17, 15) is 5.11 Å². The van der Waals surface area contributed by atoms with Gasteiger partial charge in [0.25, 0.3) is 0 Å². The summed E-state index contributed by atoms with van der Waals surface area (Å²) in [4.78, 5) is 0. The van der Waals surface area contributed by atoms with Gasteiger partial charge in [-0.2, -0.15) is 0 Å². The summed E-state index contributed by atoms with van der Waals surface area (Å²) in [6, 6.07) is 21.4. The minimum absolute atomic E-state index is 0.0629. The number of ether oxygens (including phenoxy) is 1. The van der Waals surface area contributed by atoms with Crippen LogP contribution >= 0.6 is 0 Å². The van der Waals surface area contributed by atoms with E-state index >= 15 is 0 Å². The molecule has 2 fully saturated rings. The Morgan fingerprint density at radius 3 is 2.03 bits per heavy atom. The summed E-state index contributed by atoms with van der Waals surface area (Å²) in [7, 11) is 0. The fourth-order valence-corrected chi connectivity index (χ4v) is 5.87. The Labute approximate surface area is 206 Å². The Hall–Kier alpha value is -2.10. The molecule has 3 nitrogen and oxygen atoms in total. The first-order chi connectivity index (χ1) is 16.8. The summed E-state index contributed by atoms with van der Waals surface area (Å²) in [5.74, 6) is 0.884. The monoisotopic (exact) mass is 461 g/mol. The Balaban J connectivity index is 1.38. The van der Waals surface area contributed by atoms with Gasteiger partial charge in [-0.3, -0.25) is 0 Å². The fourth-order valence-electron chi connectivity index (χ4n) is 5.87. The second-order valence-electron chi connectivity index (χ2n) is 10.3. The van der Waals surface area contributed by atoms with Crippen molar-refractivity contribution in [1.82, 2.24) is 5.32 Å². The van der Waals surface area contributed by atoms with Crippen LogP contribution in [0, 0.1) is 11.8 Å². The fraction of sp³-hybridized carbons (Fsp3) is 0.548. The maximum atomic E-state index is 11.3. The molecule has 184 valence electrons. The van der Waals surface area contributed by atoms with Gasteiger partial charge >= 0.3 is 0 Å². The minimum atomic E-state index is -0.339. The molecule has 3 heteroatoms. The maximum Gasteiger partial charge on any atom is 0.127 e. The predicted molar refractivity (Wildman–Crippen MR) is 140 cm³/mol. The normalized spacial score (nSPS) is 20.7. The third kappa shape index (κ3) is 7.45. The van der Waals surface area contributed by atoms with Gasteiger partial charge < -0.3 is 15.2 Å². The number of aliphatic hydroxyl groups is 1. The highest BCUT2D eigenvalue weighted by Crippen LogP contribution is 2.35. The molecular weight excluding hydrogens is 418 g/mol. The Bertz CT molecular complexity index is 825. The molecule has 2 N–H and O–H groups in total. The van der Waals surface area contributed by atoms with Crippen LogP contribution in [-0.4, -0.2) is 17.3 Å². The molecule has 2 aromatic rings. The lowest BCUT2D eigenvalue weighted by Crippen LogP contribution is -2.41. The molecule has 34 heavy (non-hydrogen) atoms. The highest BCUT2D eigenvalue weighted by Gasteiger charge is 2.35. The van der Waals surface area contributed by atoms with Crippen molar-refractivity contribution in [2.45, 2.75) is 95.4 Å². The van der Waals surface area contributed by atoms with E-state index in [1.807, 2.05) is 6.26 Å². The van der Waals surface area contributed by atoms with E-state index in [0.717, 1.165) is 25.8 Å². The van der Waals surface area contributed by atoms with Crippen molar-refractivity contribution in [1.29, 1.82) is 0 Å². The molecular formula is C31H43NO2. The number of hydrogen-bond donors (Lipinski definition) is 2. The van der Waals surface area contributed by atoms with Crippen molar-refractivity contribution in [3.05, 3.63) is 84.1 Å². The second kappa shape index (κ2) is 13.7. The topological polar surface area (TPSA) is 41.5 Å². The molecule has 0 unspecified atom stereocenters. The molecule has 3 atom stereocenters. The largest absolute Gasteiger partial charge is 0.495 e. The SMILES string of the molecule is O[C@H](C1CCCCC1)[C@H](O/C=C/C[C@@H](NCc1ccccc1)c1ccccc1)C1CCCCC1. The number of rotatable bonds is 11. The van der Waals surface area contributed by atoms with Gasteiger partial charge in [0.1, 0.15) is 6.10 Å². The van der Waals surface area contributed by atoms with Gasteiger partial charge in [0.05, 0.1) is 12.4 Å². The second-order valence-corrected chi connectivity index (χ2v) is 10.3. The molecule has 0 heterocycles. The first-order valence-electron chi connectivity index (χ1n) is 13.6. The van der Waals surface area contributed by atoms with Crippen LogP contribution in [0.4, 0.5) is 0 Å². The van der Waals surface area contributed by atoms with Crippen molar-refractivity contribution in [3.63, 3.8) is 0 Å². The van der Waals surface area contributed by atoms with E-state index in [1.54, 1.807) is 0 Å². The number of hydrogen-bond acceptors (Lipinski definition) is 3. The summed E-state index contributed by atoms with van der Waals surface area (Å²) in [5.41, 5.74) is 2.57. The average Bonchev–Trinajstić information content (AvgIpc) is 2.92. The van der Waals surface area contributed by atoms with Crippen molar-refractivity contribution in [2.24, 2.45) is 11.8 Å². The highest BCUT2D eigenvalue weighted by molar-refractivity contribution is 5.21. The number of nitrogens with one attached hydrogen (secondary N) is 1. The van der Waals surface area contributed by atoms with Crippen molar-refractivity contribution < 1.29 is 9.84 Å². The maximum absolute atomic E-state index is 11.3. The molecule has 0 bridgehead atoms. The zero-order valence-corrected chi connectivity index (χ0v) is 20.7. The van der Waals surface area contributed by atoms with Gasteiger partial charge in [0.15, 0.2) is 0 Å². The molecule has 0 spiro atoms. The van der Waals surface area contributed by atoms with Gasteiger partial charge in [-0.15, -0.1) is 0 Å². The molecule has 0 aliphatic heterocycles. The van der Waals surface area contributed by atoms with E-state index in [4.69, 9.17) is 4.74 Å². The van der Waals surface area contributed by atoms with Gasteiger partial charge in [-0.1, -0.05) is 99.2 Å². The molecule has 2 aromatic carbocycles. The first kappa shape index (κ1) is 25.0. The van der Waals surface area contributed by atoms with E-state index in [0.29, 0.717) is 11.8 Å². The van der Waals surface area contributed by atoms with Crippen LogP contribution in [0.25, 0.3) is 0 Å². The molecule has 2 aliphatic carbocycles. The zero-order valence-electron chi connectivity index (χ0n) is 20.7. The summed E-state index contributed by atoms with van der Waals surface area (Å²) in [6.07, 6.45) is 16.9. The standard InChI is InChI=1S/C31H43NO2/c33-30(27-18-9-3-10-19-27)31(28-20-11-4-12-21-28)34-23-13-22-29(26-16-7-2-8-17-26)32-24-25-14-5-1-6-15-25/h1-2,5-8,13-17,23,27-33H,3-4,9-12,18-22,24H2/b23-13+/t29-,30-,31-/m1/s1. The molecule has 2 saturated carbocycles. The van der Waals surface area contributed by atoms with Gasteiger partial charge in [-0.25, -0.2) is 0 Å². The lowest BCUT2D eigenvalue weighted by atomic mass is 9.76. The third-order valence-electron chi connectivity index (χ3n) is 7.88. The van der Waals surface area contributed by atoms with Crippen LogP contribution in [0.15, 0.2) is 73.0 Å². The summed E-state index contributed by atoms with van der Waals surface area (Å²) < 4.78 is 6.39. The van der Waals surface area contributed by atoms with Crippen LogP contribution < -0.4 is 5.32 Å². The Morgan fingerprint density at radius 1 is 0.794 bits per heavy atom. The van der Waals surface area contributed by atoms with Crippen molar-refractivity contribution >= 4 is 0 Å². The van der Waals surface area contributed by atoms with E-state index in [-0.39, 0.29) is 18.2 Å². The number of aliphatic hydroxyl groups excluding tert-OH is 1. The van der Waals surface area contributed by atoms with Crippen LogP contribution in [0.2, 0.25) is 0 Å². The van der Waals surface area contributed by atoms with Crippen LogP contribution in [0.3, 0.4) is 0 Å². The van der Waals surface area contributed by atoms with Gasteiger partial charge in [0, 0.05) is 12.6 Å². The molecule has 0 radical (unpaired) electrons. The molecule has 0 aromatic heterocycles. The summed E-state index contributed by atoms with van der Waals surface area (Å²) >= 11 is 0. The summed E-state index contributed by atoms with van der Waals surface area (Å²) in [6.45, 7) is 0.834.